The number of hydroxylamine groups is 2. The van der Waals surface area contributed by atoms with Crippen LogP contribution in [0.15, 0.2) is 47.5 Å². The molecule has 0 aliphatic heterocycles. The Labute approximate surface area is 176 Å². The fourth-order valence-electron chi connectivity index (χ4n) is 3.07. The van der Waals surface area contributed by atoms with E-state index in [4.69, 9.17) is 4.52 Å². The number of rotatable bonds is 10. The van der Waals surface area contributed by atoms with Crippen LogP contribution in [0.25, 0.3) is 0 Å². The Morgan fingerprint density at radius 1 is 1.27 bits per heavy atom. The van der Waals surface area contributed by atoms with Gasteiger partial charge in [0.15, 0.2) is 5.82 Å². The predicted octanol–water partition coefficient (Wildman–Crippen LogP) is 4.22. The molecule has 0 aliphatic rings. The number of nitrogens with one attached hydrogen (secondary N) is 1. The molecular weight excluding hydrogens is 384 g/mol. The summed E-state index contributed by atoms with van der Waals surface area (Å²) in [4.78, 5) is 29.5. The smallest absolute Gasteiger partial charge is 0.337 e. The van der Waals surface area contributed by atoms with Gasteiger partial charge in [-0.15, -0.1) is 11.6 Å². The fraction of sp³-hybridized carbons (Fsp3) is 0.455. The lowest BCUT2D eigenvalue weighted by Gasteiger charge is -2.23. The molecule has 0 saturated carbocycles. The van der Waals surface area contributed by atoms with E-state index in [9.17, 15) is 14.8 Å². The number of carbonyl (C=O) groups is 2. The van der Waals surface area contributed by atoms with Crippen LogP contribution in [0.3, 0.4) is 0 Å². The van der Waals surface area contributed by atoms with Gasteiger partial charge in [-0.1, -0.05) is 61.8 Å². The lowest BCUT2D eigenvalue weighted by Crippen LogP contribution is -2.46. The number of allylic oxidation sites excluding steroid dienone is 1. The van der Waals surface area contributed by atoms with E-state index in [1.807, 2.05) is 30.3 Å². The summed E-state index contributed by atoms with van der Waals surface area (Å²) in [7, 11) is 0. The molecule has 1 unspecified atom stereocenters. The highest BCUT2D eigenvalue weighted by atomic mass is 16.5. The summed E-state index contributed by atoms with van der Waals surface area (Å²) >= 11 is 0. The highest BCUT2D eigenvalue weighted by Gasteiger charge is 2.30. The van der Waals surface area contributed by atoms with Crippen LogP contribution in [-0.4, -0.2) is 32.3 Å². The van der Waals surface area contributed by atoms with Crippen LogP contribution in [0.1, 0.15) is 56.4 Å². The minimum Gasteiger partial charge on any atom is -0.337 e. The first-order chi connectivity index (χ1) is 14.3. The maximum atomic E-state index is 12.7. The van der Waals surface area contributed by atoms with Crippen molar-refractivity contribution >= 4 is 11.9 Å². The molecule has 1 heterocycles. The Morgan fingerprint density at radius 3 is 2.53 bits per heavy atom. The minimum absolute atomic E-state index is 0.149. The molecule has 8 nitrogen and oxygen atoms in total. The Bertz CT molecular complexity index is 835. The third kappa shape index (κ3) is 6.81. The molecule has 2 N–H and O–H groups in total. The first kappa shape index (κ1) is 23.3. The second-order valence-corrected chi connectivity index (χ2v) is 7.71. The molecule has 0 bridgehead atoms. The number of nitrogens with zero attached hydrogens (tertiary/aromatic N) is 3. The Morgan fingerprint density at radius 2 is 1.97 bits per heavy atom. The Balaban J connectivity index is 2.12. The van der Waals surface area contributed by atoms with E-state index in [1.165, 1.54) is 0 Å². The van der Waals surface area contributed by atoms with Crippen molar-refractivity contribution in [2.45, 2.75) is 52.5 Å². The van der Waals surface area contributed by atoms with Crippen molar-refractivity contribution in [2.24, 2.45) is 11.8 Å². The number of benzene rings is 1. The summed E-state index contributed by atoms with van der Waals surface area (Å²) < 4.78 is 5.22. The molecule has 2 aromatic rings. The van der Waals surface area contributed by atoms with Gasteiger partial charge in [0.05, 0.1) is 0 Å². The van der Waals surface area contributed by atoms with E-state index in [1.54, 1.807) is 13.0 Å². The van der Waals surface area contributed by atoms with Gasteiger partial charge in [-0.3, -0.25) is 10.0 Å². The number of aromatic nitrogens is 2. The summed E-state index contributed by atoms with van der Waals surface area (Å²) in [5.74, 6) is -0.142. The van der Waals surface area contributed by atoms with Gasteiger partial charge < -0.3 is 9.84 Å². The monoisotopic (exact) mass is 414 g/mol. The van der Waals surface area contributed by atoms with E-state index in [0.29, 0.717) is 31.0 Å². The van der Waals surface area contributed by atoms with Crippen LogP contribution in [0.2, 0.25) is 0 Å². The second kappa shape index (κ2) is 11.3. The van der Waals surface area contributed by atoms with E-state index in [2.05, 4.69) is 35.9 Å². The lowest BCUT2D eigenvalue weighted by atomic mass is 9.94. The van der Waals surface area contributed by atoms with E-state index in [-0.39, 0.29) is 11.0 Å². The maximum absolute atomic E-state index is 12.7. The lowest BCUT2D eigenvalue weighted by molar-refractivity contribution is -0.157. The summed E-state index contributed by atoms with van der Waals surface area (Å²) in [6.45, 7) is 9.45. The average Bonchev–Trinajstić information content (AvgIpc) is 3.16. The molecule has 0 spiro atoms. The molecule has 1 aromatic carbocycles. The largest absolute Gasteiger partial charge is 0.349 e. The van der Waals surface area contributed by atoms with Crippen LogP contribution in [-0.2, 0) is 11.2 Å². The second-order valence-electron chi connectivity index (χ2n) is 7.71. The number of carbonyl (C=O) groups excluding carboxylic acids is 2. The van der Waals surface area contributed by atoms with Crippen molar-refractivity contribution < 1.29 is 19.3 Å². The zero-order chi connectivity index (χ0) is 22.1. The molecule has 0 aliphatic carbocycles. The van der Waals surface area contributed by atoms with Gasteiger partial charge in [-0.05, 0) is 31.2 Å². The van der Waals surface area contributed by atoms with Crippen molar-refractivity contribution in [3.63, 3.8) is 0 Å². The summed E-state index contributed by atoms with van der Waals surface area (Å²) in [5, 5.41) is 16.8. The molecule has 1 aromatic heterocycles. The van der Waals surface area contributed by atoms with Gasteiger partial charge in [0.2, 0.25) is 5.89 Å². The van der Waals surface area contributed by atoms with Crippen LogP contribution in [0.5, 0.6) is 0 Å². The normalized spacial score (nSPS) is 13.0. The van der Waals surface area contributed by atoms with Gasteiger partial charge in [0.1, 0.15) is 6.04 Å². The first-order valence-corrected chi connectivity index (χ1v) is 10.1. The number of aryl methyl sites for hydroxylation is 1. The third-order valence-electron chi connectivity index (χ3n) is 4.72. The topological polar surface area (TPSA) is 109 Å². The maximum Gasteiger partial charge on any atom is 0.349 e. The highest BCUT2D eigenvalue weighted by molar-refractivity contribution is 5.94. The van der Waals surface area contributed by atoms with Crippen molar-refractivity contribution in [1.29, 1.82) is 0 Å². The van der Waals surface area contributed by atoms with Gasteiger partial charge in [-0.25, -0.2) is 4.79 Å². The highest BCUT2D eigenvalue weighted by Crippen LogP contribution is 2.20. The van der Waals surface area contributed by atoms with Gasteiger partial charge in [0, 0.05) is 12.3 Å². The Hall–Kier alpha value is -3.00. The van der Waals surface area contributed by atoms with Crippen LogP contribution < -0.4 is 5.32 Å². The summed E-state index contributed by atoms with van der Waals surface area (Å²) in [5.41, 5.74) is 0.927. The number of hydrogen-bond donors (Lipinski definition) is 2. The van der Waals surface area contributed by atoms with Gasteiger partial charge >= 0.3 is 6.03 Å². The first-order valence-electron chi connectivity index (χ1n) is 10.1. The number of amides is 3. The Kier molecular flexibility index (Phi) is 8.73. The third-order valence-corrected chi connectivity index (χ3v) is 4.72. The molecule has 30 heavy (non-hydrogen) atoms. The molecule has 0 saturated heterocycles. The minimum atomic E-state index is -0.935. The molecular formula is C22H30N4O4. The number of hydrogen-bond acceptors (Lipinski definition) is 6. The van der Waals surface area contributed by atoms with Crippen molar-refractivity contribution in [3.8, 4) is 0 Å². The molecule has 2 atom stereocenters. The van der Waals surface area contributed by atoms with Crippen LogP contribution in [0.4, 0.5) is 4.79 Å². The SMILES string of the molecule is C=CC[C@H](CCC(C)C)C(=O)N(O)C(=O)NC(Cc1ccccc1)c1nc(C)no1. The van der Waals surface area contributed by atoms with Gasteiger partial charge in [0.25, 0.3) is 5.91 Å². The van der Waals surface area contributed by atoms with Crippen molar-refractivity contribution in [3.05, 3.63) is 60.3 Å². The molecule has 3 amide bonds. The molecule has 0 fully saturated rings. The molecule has 8 heteroatoms. The number of imide groups is 1. The predicted molar refractivity (Wildman–Crippen MR) is 111 cm³/mol. The average molecular weight is 415 g/mol. The van der Waals surface area contributed by atoms with Crippen molar-refractivity contribution in [1.82, 2.24) is 20.5 Å². The van der Waals surface area contributed by atoms with E-state index < -0.39 is 23.9 Å². The number of urea groups is 1. The fourth-order valence-corrected chi connectivity index (χ4v) is 3.07. The standard InChI is InChI=1S/C22H30N4O4/c1-5-9-18(13-12-15(2)3)21(27)26(29)22(28)24-19(20-23-16(4)25-30-20)14-17-10-7-6-8-11-17/h5-8,10-11,15,18-19,29H,1,9,12-14H2,2-4H3,(H,24,28)/t18-,19?/m1/s1. The zero-order valence-electron chi connectivity index (χ0n) is 17.7. The van der Waals surface area contributed by atoms with Crippen LogP contribution >= 0.6 is 0 Å². The summed E-state index contributed by atoms with van der Waals surface area (Å²) in [6, 6.07) is 7.81. The molecule has 0 radical (unpaired) electrons. The summed E-state index contributed by atoms with van der Waals surface area (Å²) in [6.07, 6.45) is 3.72. The zero-order valence-corrected chi connectivity index (χ0v) is 17.7. The van der Waals surface area contributed by atoms with Crippen molar-refractivity contribution in [2.75, 3.05) is 0 Å². The van der Waals surface area contributed by atoms with E-state index >= 15 is 0 Å². The van der Waals surface area contributed by atoms with Gasteiger partial charge in [-0.2, -0.15) is 4.98 Å². The van der Waals surface area contributed by atoms with E-state index in [0.717, 1.165) is 12.0 Å². The quantitative estimate of drug-likeness (QED) is 0.342. The van der Waals surface area contributed by atoms with Crippen LogP contribution in [0, 0.1) is 18.8 Å². The molecule has 162 valence electrons. The molecule has 2 rings (SSSR count).